The van der Waals surface area contributed by atoms with Crippen LogP contribution >= 0.6 is 0 Å². The summed E-state index contributed by atoms with van der Waals surface area (Å²) in [6, 6.07) is 10.9. The van der Waals surface area contributed by atoms with Crippen LogP contribution < -0.4 is 5.32 Å². The summed E-state index contributed by atoms with van der Waals surface area (Å²) in [5, 5.41) is 12.3. The Labute approximate surface area is 184 Å². The lowest BCUT2D eigenvalue weighted by Crippen LogP contribution is -2.24. The fraction of sp³-hybridized carbons (Fsp3) is 0.417. The van der Waals surface area contributed by atoms with E-state index in [0.29, 0.717) is 6.04 Å². The third-order valence-electron chi connectivity index (χ3n) is 5.93. The molecule has 1 fully saturated rings. The smallest absolute Gasteiger partial charge is 0.262 e. The normalized spacial score (nSPS) is 15.5. The molecule has 31 heavy (non-hydrogen) atoms. The maximum absolute atomic E-state index is 12.6. The van der Waals surface area contributed by atoms with Gasteiger partial charge in [0, 0.05) is 30.2 Å². The Morgan fingerprint density at radius 2 is 1.84 bits per heavy atom. The molecule has 7 heteroatoms. The number of nitrogens with one attached hydrogen (secondary N) is 1. The highest BCUT2D eigenvalue weighted by Gasteiger charge is 2.20. The Balaban J connectivity index is 1.73. The van der Waals surface area contributed by atoms with Crippen molar-refractivity contribution in [3.05, 3.63) is 58.4 Å². The van der Waals surface area contributed by atoms with Crippen LogP contribution in [0.5, 0.6) is 0 Å². The first kappa shape index (κ1) is 22.8. The molecule has 164 valence electrons. The zero-order valence-corrected chi connectivity index (χ0v) is 19.1. The Morgan fingerprint density at radius 1 is 1.19 bits per heavy atom. The van der Waals surface area contributed by atoms with E-state index in [1.54, 1.807) is 18.2 Å². The quantitative estimate of drug-likeness (QED) is 0.538. The number of nitriles is 1. The van der Waals surface area contributed by atoms with Crippen LogP contribution in [0.4, 0.5) is 0 Å². The molecule has 1 aromatic heterocycles. The summed E-state index contributed by atoms with van der Waals surface area (Å²) in [6.07, 6.45) is 8.92. The average Bonchev–Trinajstić information content (AvgIpc) is 3.03. The highest BCUT2D eigenvalue weighted by molar-refractivity contribution is 7.90. The largest absolute Gasteiger partial charge is 0.347 e. The van der Waals surface area contributed by atoms with Crippen molar-refractivity contribution < 1.29 is 13.2 Å². The van der Waals surface area contributed by atoms with E-state index in [4.69, 9.17) is 0 Å². The van der Waals surface area contributed by atoms with Crippen LogP contribution in [-0.4, -0.2) is 25.1 Å². The van der Waals surface area contributed by atoms with Gasteiger partial charge in [0.15, 0.2) is 9.84 Å². The second kappa shape index (κ2) is 9.52. The zero-order valence-electron chi connectivity index (χ0n) is 18.3. The number of amides is 1. The zero-order chi connectivity index (χ0) is 22.6. The van der Waals surface area contributed by atoms with Crippen molar-refractivity contribution in [2.75, 3.05) is 6.26 Å². The molecule has 0 saturated heterocycles. The molecule has 0 aliphatic heterocycles. The third-order valence-corrected chi connectivity index (χ3v) is 7.06. The van der Waals surface area contributed by atoms with Gasteiger partial charge in [0.05, 0.1) is 4.90 Å². The average molecular weight is 440 g/mol. The van der Waals surface area contributed by atoms with E-state index in [1.165, 1.54) is 44.2 Å². The fourth-order valence-electron chi connectivity index (χ4n) is 4.29. The number of carbonyl (C=O) groups excluding carboxylic acids is 1. The number of hydrogen-bond donors (Lipinski definition) is 1. The van der Waals surface area contributed by atoms with Crippen LogP contribution in [0, 0.1) is 25.2 Å². The summed E-state index contributed by atoms with van der Waals surface area (Å²) in [5.41, 5.74) is 3.94. The predicted octanol–water partition coefficient (Wildman–Crippen LogP) is 4.24. The Morgan fingerprint density at radius 3 is 2.42 bits per heavy atom. The predicted molar refractivity (Wildman–Crippen MR) is 121 cm³/mol. The van der Waals surface area contributed by atoms with Crippen molar-refractivity contribution >= 4 is 21.8 Å². The molecule has 0 atom stereocenters. The highest BCUT2D eigenvalue weighted by atomic mass is 32.2. The molecule has 1 aliphatic rings. The Bertz CT molecular complexity index is 1130. The molecule has 0 spiro atoms. The van der Waals surface area contributed by atoms with Gasteiger partial charge in [-0.1, -0.05) is 31.4 Å². The summed E-state index contributed by atoms with van der Waals surface area (Å²) in [4.78, 5) is 12.8. The van der Waals surface area contributed by atoms with E-state index in [-0.39, 0.29) is 17.0 Å². The molecular weight excluding hydrogens is 410 g/mol. The van der Waals surface area contributed by atoms with Gasteiger partial charge in [0.2, 0.25) is 0 Å². The van der Waals surface area contributed by atoms with Crippen molar-refractivity contribution in [3.63, 3.8) is 0 Å². The summed E-state index contributed by atoms with van der Waals surface area (Å²) >= 11 is 0. The summed E-state index contributed by atoms with van der Waals surface area (Å²) in [5.74, 6) is -0.447. The van der Waals surface area contributed by atoms with Gasteiger partial charge >= 0.3 is 0 Å². The molecule has 3 rings (SSSR count). The molecule has 1 saturated carbocycles. The molecule has 1 aliphatic carbocycles. The molecule has 1 heterocycles. The van der Waals surface area contributed by atoms with E-state index in [1.807, 2.05) is 19.1 Å². The van der Waals surface area contributed by atoms with Gasteiger partial charge < -0.3 is 9.88 Å². The molecule has 1 aromatic carbocycles. The first-order valence-electron chi connectivity index (χ1n) is 10.6. The first-order chi connectivity index (χ1) is 14.7. The molecular formula is C24H29N3O3S. The van der Waals surface area contributed by atoms with E-state index < -0.39 is 15.7 Å². The Hall–Kier alpha value is -2.85. The van der Waals surface area contributed by atoms with Crippen LogP contribution in [-0.2, 0) is 21.2 Å². The summed E-state index contributed by atoms with van der Waals surface area (Å²) in [6.45, 7) is 4.33. The van der Waals surface area contributed by atoms with Gasteiger partial charge in [-0.15, -0.1) is 0 Å². The van der Waals surface area contributed by atoms with Crippen LogP contribution in [0.1, 0.15) is 60.7 Å². The van der Waals surface area contributed by atoms with E-state index >= 15 is 0 Å². The van der Waals surface area contributed by atoms with E-state index in [2.05, 4.69) is 16.8 Å². The maximum atomic E-state index is 12.6. The van der Waals surface area contributed by atoms with Crippen molar-refractivity contribution in [1.29, 1.82) is 5.26 Å². The SMILES string of the molecule is Cc1cc(C=C(C#N)C(=O)NCc2ccc(S(C)(=O)=O)cc2)c(C)n1C1CCCCC1. The minimum absolute atomic E-state index is 0.0525. The molecule has 0 unspecified atom stereocenters. The van der Waals surface area contributed by atoms with Crippen molar-refractivity contribution in [2.45, 2.75) is 63.4 Å². The lowest BCUT2D eigenvalue weighted by atomic mass is 9.95. The fourth-order valence-corrected chi connectivity index (χ4v) is 4.92. The van der Waals surface area contributed by atoms with Crippen molar-refractivity contribution in [1.82, 2.24) is 9.88 Å². The van der Waals surface area contributed by atoms with E-state index in [9.17, 15) is 18.5 Å². The van der Waals surface area contributed by atoms with Crippen LogP contribution in [0.2, 0.25) is 0 Å². The van der Waals surface area contributed by atoms with Gasteiger partial charge in [0.25, 0.3) is 5.91 Å². The monoisotopic (exact) mass is 439 g/mol. The second-order valence-electron chi connectivity index (χ2n) is 8.26. The van der Waals surface area contributed by atoms with Gasteiger partial charge in [0.1, 0.15) is 11.6 Å². The van der Waals surface area contributed by atoms with Crippen LogP contribution in [0.15, 0.2) is 40.8 Å². The molecule has 0 bridgehead atoms. The molecule has 6 nitrogen and oxygen atoms in total. The van der Waals surface area contributed by atoms with Gasteiger partial charge in [-0.3, -0.25) is 4.79 Å². The minimum Gasteiger partial charge on any atom is -0.347 e. The third kappa shape index (κ3) is 5.45. The highest BCUT2D eigenvalue weighted by Crippen LogP contribution is 2.32. The lowest BCUT2D eigenvalue weighted by molar-refractivity contribution is -0.117. The summed E-state index contributed by atoms with van der Waals surface area (Å²) in [7, 11) is -3.26. The Kier molecular flexibility index (Phi) is 7.01. The van der Waals surface area contributed by atoms with Gasteiger partial charge in [-0.2, -0.15) is 5.26 Å². The maximum Gasteiger partial charge on any atom is 0.262 e. The number of benzene rings is 1. The number of rotatable bonds is 6. The topological polar surface area (TPSA) is 92.0 Å². The number of sulfone groups is 1. The van der Waals surface area contributed by atoms with Crippen LogP contribution in [0.25, 0.3) is 6.08 Å². The number of nitrogens with zero attached hydrogens (tertiary/aromatic N) is 2. The molecule has 0 radical (unpaired) electrons. The number of aromatic nitrogens is 1. The van der Waals surface area contributed by atoms with Gasteiger partial charge in [-0.05, 0) is 62.1 Å². The standard InChI is InChI=1S/C24H29N3O3S/c1-17-13-20(18(2)27(17)22-7-5-4-6-8-22)14-21(15-25)24(28)26-16-19-9-11-23(12-10-19)31(3,29)30/h9-14,22H,4-8,16H2,1-3H3,(H,26,28). The second-order valence-corrected chi connectivity index (χ2v) is 10.3. The van der Waals surface area contributed by atoms with Crippen molar-refractivity contribution in [3.8, 4) is 6.07 Å². The molecule has 1 amide bonds. The van der Waals surface area contributed by atoms with Crippen LogP contribution in [0.3, 0.4) is 0 Å². The number of aryl methyl sites for hydroxylation is 1. The first-order valence-corrected chi connectivity index (χ1v) is 12.5. The molecule has 1 N–H and O–H groups in total. The number of hydrogen-bond acceptors (Lipinski definition) is 4. The summed E-state index contributed by atoms with van der Waals surface area (Å²) < 4.78 is 25.5. The van der Waals surface area contributed by atoms with E-state index in [0.717, 1.165) is 28.8 Å². The van der Waals surface area contributed by atoms with Gasteiger partial charge in [-0.25, -0.2) is 8.42 Å². The number of carbonyl (C=O) groups is 1. The minimum atomic E-state index is -3.26. The molecule has 2 aromatic rings. The lowest BCUT2D eigenvalue weighted by Gasteiger charge is -2.26. The van der Waals surface area contributed by atoms with Crippen molar-refractivity contribution in [2.24, 2.45) is 0 Å².